The zero-order valence-electron chi connectivity index (χ0n) is 10.6. The highest BCUT2D eigenvalue weighted by atomic mass is 32.2. The first-order valence-corrected chi connectivity index (χ1v) is 7.17. The molecular formula is C15H15FN2S. The summed E-state index contributed by atoms with van der Waals surface area (Å²) in [5.41, 5.74) is 8.92. The quantitative estimate of drug-likeness (QED) is 0.869. The lowest BCUT2D eigenvalue weighted by molar-refractivity contribution is 0.605. The van der Waals surface area contributed by atoms with Gasteiger partial charge in [-0.3, -0.25) is 0 Å². The Bertz CT molecular complexity index is 583. The molecule has 2 N–H and O–H groups in total. The van der Waals surface area contributed by atoms with E-state index in [1.165, 1.54) is 17.7 Å². The topological polar surface area (TPSA) is 24.1 Å². The molecule has 0 bridgehead atoms. The predicted octanol–water partition coefficient (Wildman–Crippen LogP) is 4.36. The van der Waals surface area contributed by atoms with Crippen LogP contribution in [-0.4, -0.2) is 0 Å². The maximum Gasteiger partial charge on any atom is 0.123 e. The summed E-state index contributed by atoms with van der Waals surface area (Å²) in [7, 11) is 0. The van der Waals surface area contributed by atoms with Gasteiger partial charge in [0.05, 0.1) is 11.7 Å². The van der Waals surface area contributed by atoms with Crippen molar-refractivity contribution in [2.45, 2.75) is 29.2 Å². The highest BCUT2D eigenvalue weighted by Gasteiger charge is 2.19. The van der Waals surface area contributed by atoms with E-state index in [-0.39, 0.29) is 5.82 Å². The third-order valence-corrected chi connectivity index (χ3v) is 4.24. The number of hydrazine groups is 1. The van der Waals surface area contributed by atoms with Gasteiger partial charge in [0.1, 0.15) is 5.82 Å². The van der Waals surface area contributed by atoms with Gasteiger partial charge in [0.2, 0.25) is 0 Å². The Balaban J connectivity index is 1.81. The van der Waals surface area contributed by atoms with Crippen LogP contribution < -0.4 is 10.9 Å². The number of anilines is 1. The standard InChI is InChI=1S/C15H15FN2S/c1-2-14-13-8-7-12(9-15(13)18-17-14)19-11-5-3-10(16)4-6-11/h3-9,14,17-18H,2H2,1H3. The smallest absolute Gasteiger partial charge is 0.123 e. The van der Waals surface area contributed by atoms with Gasteiger partial charge in [0.25, 0.3) is 0 Å². The van der Waals surface area contributed by atoms with Gasteiger partial charge in [-0.05, 0) is 48.4 Å². The Labute approximate surface area is 116 Å². The molecule has 1 aliphatic rings. The molecule has 0 aliphatic carbocycles. The van der Waals surface area contributed by atoms with Crippen LogP contribution in [0.5, 0.6) is 0 Å². The number of hydrogen-bond acceptors (Lipinski definition) is 3. The van der Waals surface area contributed by atoms with Crippen molar-refractivity contribution in [3.05, 3.63) is 53.8 Å². The van der Waals surface area contributed by atoms with Crippen LogP contribution in [0.1, 0.15) is 24.9 Å². The molecule has 2 aromatic carbocycles. The molecule has 1 unspecified atom stereocenters. The van der Waals surface area contributed by atoms with Crippen LogP contribution >= 0.6 is 11.8 Å². The van der Waals surface area contributed by atoms with Crippen molar-refractivity contribution in [1.29, 1.82) is 0 Å². The van der Waals surface area contributed by atoms with Crippen LogP contribution in [0.2, 0.25) is 0 Å². The molecule has 1 heterocycles. The minimum atomic E-state index is -0.199. The van der Waals surface area contributed by atoms with Gasteiger partial charge in [-0.25, -0.2) is 9.82 Å². The molecule has 0 aromatic heterocycles. The van der Waals surface area contributed by atoms with Gasteiger partial charge in [0, 0.05) is 9.79 Å². The van der Waals surface area contributed by atoms with Gasteiger partial charge in [-0.2, -0.15) is 0 Å². The fourth-order valence-electron chi connectivity index (χ4n) is 2.21. The third kappa shape index (κ3) is 2.60. The number of fused-ring (bicyclic) bond motifs is 1. The van der Waals surface area contributed by atoms with E-state index in [1.54, 1.807) is 23.9 Å². The monoisotopic (exact) mass is 274 g/mol. The summed E-state index contributed by atoms with van der Waals surface area (Å²) in [6.07, 6.45) is 1.06. The summed E-state index contributed by atoms with van der Waals surface area (Å²) >= 11 is 1.64. The van der Waals surface area contributed by atoms with Crippen LogP contribution in [0, 0.1) is 5.82 Å². The molecule has 19 heavy (non-hydrogen) atoms. The summed E-state index contributed by atoms with van der Waals surface area (Å²) < 4.78 is 12.9. The summed E-state index contributed by atoms with van der Waals surface area (Å²) in [5, 5.41) is 0. The Morgan fingerprint density at radius 3 is 2.58 bits per heavy atom. The lowest BCUT2D eigenvalue weighted by Gasteiger charge is -2.07. The molecule has 1 aliphatic heterocycles. The summed E-state index contributed by atoms with van der Waals surface area (Å²) in [6.45, 7) is 2.16. The molecule has 2 aromatic rings. The molecule has 0 saturated carbocycles. The molecule has 2 nitrogen and oxygen atoms in total. The molecule has 0 saturated heterocycles. The third-order valence-electron chi connectivity index (χ3n) is 3.24. The fraction of sp³-hybridized carbons (Fsp3) is 0.200. The average molecular weight is 274 g/mol. The van der Waals surface area contributed by atoms with Gasteiger partial charge in [-0.1, -0.05) is 24.8 Å². The van der Waals surface area contributed by atoms with Gasteiger partial charge in [-0.15, -0.1) is 0 Å². The highest BCUT2D eigenvalue weighted by Crippen LogP contribution is 2.36. The first-order chi connectivity index (χ1) is 9.26. The van der Waals surface area contributed by atoms with Crippen molar-refractivity contribution >= 4 is 17.4 Å². The van der Waals surface area contributed by atoms with Crippen molar-refractivity contribution in [3.63, 3.8) is 0 Å². The lowest BCUT2D eigenvalue weighted by atomic mass is 10.1. The summed E-state index contributed by atoms with van der Waals surface area (Å²) in [6, 6.07) is 13.4. The van der Waals surface area contributed by atoms with E-state index in [1.807, 2.05) is 0 Å². The van der Waals surface area contributed by atoms with E-state index < -0.39 is 0 Å². The number of nitrogens with one attached hydrogen (secondary N) is 2. The van der Waals surface area contributed by atoms with E-state index in [0.717, 1.165) is 21.9 Å². The molecule has 3 rings (SSSR count). The number of hydrogen-bond donors (Lipinski definition) is 2. The average Bonchev–Trinajstić information content (AvgIpc) is 2.83. The van der Waals surface area contributed by atoms with Crippen molar-refractivity contribution < 1.29 is 4.39 Å². The molecule has 0 radical (unpaired) electrons. The SMILES string of the molecule is CCC1NNc2cc(Sc3ccc(F)cc3)ccc21. The van der Waals surface area contributed by atoms with Gasteiger partial charge >= 0.3 is 0 Å². The Hall–Kier alpha value is -1.52. The summed E-state index contributed by atoms with van der Waals surface area (Å²) in [4.78, 5) is 2.19. The van der Waals surface area contributed by atoms with Crippen LogP contribution in [0.3, 0.4) is 0 Å². The first-order valence-electron chi connectivity index (χ1n) is 6.35. The summed E-state index contributed by atoms with van der Waals surface area (Å²) in [5.74, 6) is -0.199. The number of rotatable bonds is 3. The highest BCUT2D eigenvalue weighted by molar-refractivity contribution is 7.99. The zero-order valence-corrected chi connectivity index (χ0v) is 11.4. The maximum absolute atomic E-state index is 12.9. The predicted molar refractivity (Wildman–Crippen MR) is 76.8 cm³/mol. The number of benzene rings is 2. The molecule has 0 spiro atoms. The second-order valence-electron chi connectivity index (χ2n) is 4.54. The van der Waals surface area contributed by atoms with Crippen molar-refractivity contribution in [3.8, 4) is 0 Å². The number of halogens is 1. The van der Waals surface area contributed by atoms with Crippen molar-refractivity contribution in [2.24, 2.45) is 0 Å². The van der Waals surface area contributed by atoms with E-state index in [0.29, 0.717) is 6.04 Å². The Kier molecular flexibility index (Phi) is 3.44. The van der Waals surface area contributed by atoms with E-state index >= 15 is 0 Å². The van der Waals surface area contributed by atoms with Crippen molar-refractivity contribution in [2.75, 3.05) is 5.43 Å². The molecule has 0 fully saturated rings. The molecule has 0 amide bonds. The second kappa shape index (κ2) is 5.23. The largest absolute Gasteiger partial charge is 0.321 e. The minimum absolute atomic E-state index is 0.199. The zero-order chi connectivity index (χ0) is 13.2. The van der Waals surface area contributed by atoms with Crippen LogP contribution in [0.25, 0.3) is 0 Å². The normalized spacial score (nSPS) is 17.1. The van der Waals surface area contributed by atoms with Gasteiger partial charge < -0.3 is 5.43 Å². The maximum atomic E-state index is 12.9. The second-order valence-corrected chi connectivity index (χ2v) is 5.68. The molecule has 98 valence electrons. The molecule has 1 atom stereocenters. The molecular weight excluding hydrogens is 259 g/mol. The minimum Gasteiger partial charge on any atom is -0.321 e. The van der Waals surface area contributed by atoms with E-state index in [4.69, 9.17) is 0 Å². The van der Waals surface area contributed by atoms with Crippen LogP contribution in [0.15, 0.2) is 52.3 Å². The Morgan fingerprint density at radius 1 is 1.11 bits per heavy atom. The first kappa shape index (κ1) is 12.5. The van der Waals surface area contributed by atoms with E-state index in [9.17, 15) is 4.39 Å². The Morgan fingerprint density at radius 2 is 1.84 bits per heavy atom. The van der Waals surface area contributed by atoms with Gasteiger partial charge in [0.15, 0.2) is 0 Å². The molecule has 4 heteroatoms. The van der Waals surface area contributed by atoms with Crippen LogP contribution in [-0.2, 0) is 0 Å². The van der Waals surface area contributed by atoms with E-state index in [2.05, 4.69) is 36.0 Å². The van der Waals surface area contributed by atoms with Crippen molar-refractivity contribution in [1.82, 2.24) is 5.43 Å². The fourth-order valence-corrected chi connectivity index (χ4v) is 3.07. The van der Waals surface area contributed by atoms with Crippen LogP contribution in [0.4, 0.5) is 10.1 Å². The lowest BCUT2D eigenvalue weighted by Crippen LogP contribution is -2.17.